The Morgan fingerprint density at radius 3 is 2.09 bits per heavy atom. The molecular formula is C37H71N3O3. The highest BCUT2D eigenvalue weighted by atomic mass is 16.5. The lowest BCUT2D eigenvalue weighted by Gasteiger charge is -2.65. The van der Waals surface area contributed by atoms with Gasteiger partial charge in [-0.1, -0.05) is 60.3 Å². The van der Waals surface area contributed by atoms with Gasteiger partial charge in [-0.05, 0) is 131 Å². The van der Waals surface area contributed by atoms with E-state index in [0.29, 0.717) is 67.0 Å². The van der Waals surface area contributed by atoms with Crippen molar-refractivity contribution >= 4 is 0 Å². The van der Waals surface area contributed by atoms with Gasteiger partial charge in [-0.3, -0.25) is 0 Å². The second kappa shape index (κ2) is 16.5. The summed E-state index contributed by atoms with van der Waals surface area (Å²) in [6.45, 7) is 17.1. The number of hydrogen-bond donors (Lipinski definition) is 3. The van der Waals surface area contributed by atoms with E-state index in [4.69, 9.17) is 31.4 Å². The number of hydrogen-bond acceptors (Lipinski definition) is 6. The molecule has 0 heterocycles. The lowest BCUT2D eigenvalue weighted by molar-refractivity contribution is -0.227. The van der Waals surface area contributed by atoms with E-state index >= 15 is 0 Å². The summed E-state index contributed by atoms with van der Waals surface area (Å²) in [5.41, 5.74) is 18.2. The molecule has 4 rings (SSSR count). The molecule has 6 N–H and O–H groups in total. The molecule has 4 aliphatic carbocycles. The molecule has 6 heteroatoms. The predicted octanol–water partition coefficient (Wildman–Crippen LogP) is 6.92. The molecule has 4 aliphatic rings. The zero-order valence-corrected chi connectivity index (χ0v) is 28.9. The van der Waals surface area contributed by atoms with Crippen LogP contribution in [0.25, 0.3) is 0 Å². The minimum absolute atomic E-state index is 0.201. The third kappa shape index (κ3) is 7.84. The predicted molar refractivity (Wildman–Crippen MR) is 179 cm³/mol. The molecule has 0 aliphatic heterocycles. The van der Waals surface area contributed by atoms with Gasteiger partial charge in [-0.25, -0.2) is 0 Å². The van der Waals surface area contributed by atoms with E-state index in [1.54, 1.807) is 0 Å². The number of fused-ring (bicyclic) bond motifs is 5. The minimum Gasteiger partial charge on any atom is -0.378 e. The van der Waals surface area contributed by atoms with Crippen LogP contribution >= 0.6 is 0 Å². The fraction of sp³-hybridized carbons (Fsp3) is 1.00. The molecule has 43 heavy (non-hydrogen) atoms. The normalized spacial score (nSPS) is 40.5. The average molecular weight is 606 g/mol. The van der Waals surface area contributed by atoms with E-state index in [9.17, 15) is 0 Å². The maximum atomic E-state index is 7.00. The average Bonchev–Trinajstić information content (AvgIpc) is 3.36. The Bertz CT molecular complexity index is 814. The number of rotatable bonds is 18. The van der Waals surface area contributed by atoms with Crippen LogP contribution in [0.3, 0.4) is 0 Å². The van der Waals surface area contributed by atoms with E-state index in [1.165, 1.54) is 64.2 Å². The first-order valence-corrected chi connectivity index (χ1v) is 18.7. The van der Waals surface area contributed by atoms with Gasteiger partial charge in [0.05, 0.1) is 18.3 Å². The molecule has 0 saturated heterocycles. The fourth-order valence-electron chi connectivity index (χ4n) is 10.8. The van der Waals surface area contributed by atoms with Gasteiger partial charge in [-0.2, -0.15) is 0 Å². The Morgan fingerprint density at radius 1 is 0.744 bits per heavy atom. The monoisotopic (exact) mass is 606 g/mol. The van der Waals surface area contributed by atoms with Crippen molar-refractivity contribution in [3.63, 3.8) is 0 Å². The quantitative estimate of drug-likeness (QED) is 0.147. The maximum absolute atomic E-state index is 7.00. The zero-order chi connectivity index (χ0) is 31.0. The van der Waals surface area contributed by atoms with Crippen molar-refractivity contribution in [1.82, 2.24) is 0 Å². The molecule has 0 aromatic carbocycles. The first-order valence-electron chi connectivity index (χ1n) is 18.7. The fourth-order valence-corrected chi connectivity index (χ4v) is 10.8. The van der Waals surface area contributed by atoms with Crippen molar-refractivity contribution in [1.29, 1.82) is 0 Å². The lowest BCUT2D eigenvalue weighted by Crippen LogP contribution is -2.63. The van der Waals surface area contributed by atoms with Crippen LogP contribution in [0, 0.1) is 52.3 Å². The Hall–Kier alpha value is -0.240. The van der Waals surface area contributed by atoms with Crippen LogP contribution in [-0.4, -0.2) is 57.8 Å². The van der Waals surface area contributed by atoms with Crippen LogP contribution in [0.1, 0.15) is 125 Å². The third-order valence-electron chi connectivity index (χ3n) is 13.5. The van der Waals surface area contributed by atoms with Crippen LogP contribution in [0.5, 0.6) is 0 Å². The summed E-state index contributed by atoms with van der Waals surface area (Å²) in [6, 6.07) is 0. The first kappa shape index (κ1) is 35.6. The SMILES string of the molecule is CCC(C)CCC[C@@H](C)C1CC[C@H]2C3[C@H](OCCCN)CC4C[C@H](OCCCN)CC[C@]4(C)[C@H]3C[C@H](OCCCN)C12C. The first-order chi connectivity index (χ1) is 20.7. The van der Waals surface area contributed by atoms with E-state index < -0.39 is 0 Å². The highest BCUT2D eigenvalue weighted by molar-refractivity contribution is 5.15. The van der Waals surface area contributed by atoms with Gasteiger partial charge in [0.15, 0.2) is 0 Å². The molecular weight excluding hydrogens is 534 g/mol. The van der Waals surface area contributed by atoms with Crippen molar-refractivity contribution in [2.75, 3.05) is 39.5 Å². The molecule has 252 valence electrons. The maximum Gasteiger partial charge on any atom is 0.0637 e. The van der Waals surface area contributed by atoms with E-state index in [2.05, 4.69) is 34.6 Å². The molecule has 4 fully saturated rings. The summed E-state index contributed by atoms with van der Waals surface area (Å²) in [5, 5.41) is 0. The van der Waals surface area contributed by atoms with Crippen molar-refractivity contribution in [2.45, 2.75) is 143 Å². The number of ether oxygens (including phenoxy) is 3. The molecule has 5 unspecified atom stereocenters. The highest BCUT2D eigenvalue weighted by Gasteiger charge is 2.66. The van der Waals surface area contributed by atoms with Crippen LogP contribution < -0.4 is 17.2 Å². The van der Waals surface area contributed by atoms with Crippen LogP contribution in [0.2, 0.25) is 0 Å². The summed E-state index contributed by atoms with van der Waals surface area (Å²) in [4.78, 5) is 0. The Labute approximate surface area is 265 Å². The summed E-state index contributed by atoms with van der Waals surface area (Å²) < 4.78 is 20.3. The summed E-state index contributed by atoms with van der Waals surface area (Å²) in [5.74, 6) is 4.85. The second-order valence-corrected chi connectivity index (χ2v) is 15.9. The standard InChI is InChI=1S/C37H71N3O3/c1-6-26(2)11-7-12-27(3)30-13-14-31-35-32(25-34(37(30,31)5)43-22-10-19-40)36(4)16-15-29(41-20-8-17-38)23-28(36)24-33(35)42-21-9-18-39/h26-35H,6-25,38-40H2,1-5H3/t26?,27-,28?,29-,30?,31+,32+,33-,34+,35?,36+,37?/m1/s1. The minimum atomic E-state index is 0.201. The van der Waals surface area contributed by atoms with Crippen molar-refractivity contribution in [3.05, 3.63) is 0 Å². The smallest absolute Gasteiger partial charge is 0.0637 e. The summed E-state index contributed by atoms with van der Waals surface area (Å²) in [7, 11) is 0. The van der Waals surface area contributed by atoms with Crippen LogP contribution in [0.15, 0.2) is 0 Å². The largest absolute Gasteiger partial charge is 0.378 e. The van der Waals surface area contributed by atoms with Gasteiger partial charge in [-0.15, -0.1) is 0 Å². The van der Waals surface area contributed by atoms with Gasteiger partial charge in [0, 0.05) is 25.2 Å². The van der Waals surface area contributed by atoms with E-state index in [1.807, 2.05) is 0 Å². The Morgan fingerprint density at radius 2 is 1.42 bits per heavy atom. The molecule has 12 atom stereocenters. The Kier molecular flexibility index (Phi) is 13.7. The lowest BCUT2D eigenvalue weighted by atomic mass is 9.43. The van der Waals surface area contributed by atoms with E-state index in [0.717, 1.165) is 63.3 Å². The highest BCUT2D eigenvalue weighted by Crippen LogP contribution is 2.69. The molecule has 0 bridgehead atoms. The zero-order valence-electron chi connectivity index (χ0n) is 28.9. The molecule has 0 aromatic heterocycles. The van der Waals surface area contributed by atoms with Crippen LogP contribution in [0.4, 0.5) is 0 Å². The molecule has 6 nitrogen and oxygen atoms in total. The van der Waals surface area contributed by atoms with Crippen molar-refractivity contribution in [2.24, 2.45) is 69.5 Å². The summed E-state index contributed by atoms with van der Waals surface area (Å²) >= 11 is 0. The molecule has 0 aromatic rings. The molecule has 0 radical (unpaired) electrons. The van der Waals surface area contributed by atoms with Gasteiger partial charge in [0.2, 0.25) is 0 Å². The molecule has 0 spiro atoms. The van der Waals surface area contributed by atoms with Crippen molar-refractivity contribution in [3.8, 4) is 0 Å². The third-order valence-corrected chi connectivity index (χ3v) is 13.5. The van der Waals surface area contributed by atoms with Gasteiger partial charge in [0.25, 0.3) is 0 Å². The second-order valence-electron chi connectivity index (χ2n) is 15.9. The van der Waals surface area contributed by atoms with Crippen LogP contribution in [-0.2, 0) is 14.2 Å². The topological polar surface area (TPSA) is 106 Å². The summed E-state index contributed by atoms with van der Waals surface area (Å²) in [6.07, 6.45) is 17.9. The van der Waals surface area contributed by atoms with Gasteiger partial charge in [0.1, 0.15) is 0 Å². The van der Waals surface area contributed by atoms with Crippen molar-refractivity contribution < 1.29 is 14.2 Å². The molecule has 4 saturated carbocycles. The molecule has 0 amide bonds. The van der Waals surface area contributed by atoms with Gasteiger partial charge < -0.3 is 31.4 Å². The van der Waals surface area contributed by atoms with E-state index in [-0.39, 0.29) is 5.41 Å². The number of nitrogens with two attached hydrogens (primary N) is 3. The Balaban J connectivity index is 1.61. The van der Waals surface area contributed by atoms with Gasteiger partial charge >= 0.3 is 0 Å².